The van der Waals surface area contributed by atoms with Crippen molar-refractivity contribution in [2.45, 2.75) is 6.92 Å². The molecule has 0 fully saturated rings. The van der Waals surface area contributed by atoms with Gasteiger partial charge in [0.1, 0.15) is 12.4 Å². The summed E-state index contributed by atoms with van der Waals surface area (Å²) in [4.78, 5) is 0. The van der Waals surface area contributed by atoms with Crippen molar-refractivity contribution in [3.05, 3.63) is 28.8 Å². The predicted molar refractivity (Wildman–Crippen MR) is 61.6 cm³/mol. The Morgan fingerprint density at radius 2 is 2.20 bits per heavy atom. The van der Waals surface area contributed by atoms with Crippen LogP contribution < -0.4 is 10.1 Å². The number of hydrogen-bond acceptors (Lipinski definition) is 3. The van der Waals surface area contributed by atoms with Crippen LogP contribution in [0.2, 0.25) is 5.02 Å². The van der Waals surface area contributed by atoms with Crippen LogP contribution in [0.1, 0.15) is 5.56 Å². The summed E-state index contributed by atoms with van der Waals surface area (Å²) >= 11 is 5.82. The molecule has 2 N–H and O–H groups in total. The summed E-state index contributed by atoms with van der Waals surface area (Å²) in [7, 11) is 0. The number of ether oxygens (including phenoxy) is 1. The Bertz CT molecular complexity index is 305. The van der Waals surface area contributed by atoms with Crippen molar-refractivity contribution in [3.63, 3.8) is 0 Å². The molecule has 0 bridgehead atoms. The first-order chi connectivity index (χ1) is 7.24. The fraction of sp³-hybridized carbons (Fsp3) is 0.455. The van der Waals surface area contributed by atoms with E-state index < -0.39 is 0 Å². The van der Waals surface area contributed by atoms with Crippen LogP contribution in [0.3, 0.4) is 0 Å². The molecule has 0 saturated carbocycles. The maximum Gasteiger partial charge on any atom is 0.122 e. The molecule has 0 atom stereocenters. The van der Waals surface area contributed by atoms with E-state index >= 15 is 0 Å². The van der Waals surface area contributed by atoms with Crippen LogP contribution >= 0.6 is 11.6 Å². The summed E-state index contributed by atoms with van der Waals surface area (Å²) in [5.74, 6) is 0.852. The third-order valence-corrected chi connectivity index (χ3v) is 2.20. The van der Waals surface area contributed by atoms with Crippen LogP contribution in [0.5, 0.6) is 5.75 Å². The molecule has 1 aromatic rings. The topological polar surface area (TPSA) is 41.5 Å². The Morgan fingerprint density at radius 1 is 1.40 bits per heavy atom. The van der Waals surface area contributed by atoms with E-state index in [1.807, 2.05) is 25.1 Å². The lowest BCUT2D eigenvalue weighted by Gasteiger charge is -2.09. The molecule has 1 rings (SSSR count). The van der Waals surface area contributed by atoms with Crippen LogP contribution in [0.4, 0.5) is 0 Å². The highest BCUT2D eigenvalue weighted by atomic mass is 35.5. The molecule has 1 aromatic carbocycles. The average Bonchev–Trinajstić information content (AvgIpc) is 2.20. The first-order valence-corrected chi connectivity index (χ1v) is 5.32. The second kappa shape index (κ2) is 6.67. The molecule has 0 unspecified atom stereocenters. The molecular weight excluding hydrogens is 214 g/mol. The molecule has 0 aromatic heterocycles. The van der Waals surface area contributed by atoms with Crippen molar-refractivity contribution in [1.29, 1.82) is 0 Å². The van der Waals surface area contributed by atoms with E-state index in [2.05, 4.69) is 5.32 Å². The highest BCUT2D eigenvalue weighted by Crippen LogP contribution is 2.21. The van der Waals surface area contributed by atoms with Gasteiger partial charge in [-0.25, -0.2) is 0 Å². The lowest BCUT2D eigenvalue weighted by Crippen LogP contribution is -2.24. The summed E-state index contributed by atoms with van der Waals surface area (Å²) in [6.07, 6.45) is 0. The van der Waals surface area contributed by atoms with Gasteiger partial charge >= 0.3 is 0 Å². The molecule has 0 aliphatic rings. The maximum atomic E-state index is 8.54. The van der Waals surface area contributed by atoms with Crippen LogP contribution in [0.15, 0.2) is 18.2 Å². The molecule has 15 heavy (non-hydrogen) atoms. The number of hydrogen-bond donors (Lipinski definition) is 2. The van der Waals surface area contributed by atoms with E-state index in [1.165, 1.54) is 0 Å². The molecular formula is C11H16ClNO2. The smallest absolute Gasteiger partial charge is 0.122 e. The molecule has 0 aliphatic heterocycles. The summed E-state index contributed by atoms with van der Waals surface area (Å²) in [6.45, 7) is 4.02. The summed E-state index contributed by atoms with van der Waals surface area (Å²) in [6, 6.07) is 5.55. The lowest BCUT2D eigenvalue weighted by atomic mass is 10.2. The number of aryl methyl sites for hydroxylation is 1. The van der Waals surface area contributed by atoms with Crippen LogP contribution in [0, 0.1) is 6.92 Å². The van der Waals surface area contributed by atoms with Gasteiger partial charge in [-0.05, 0) is 30.7 Å². The van der Waals surface area contributed by atoms with Crippen molar-refractivity contribution >= 4 is 11.6 Å². The Hall–Kier alpha value is -0.770. The summed E-state index contributed by atoms with van der Waals surface area (Å²) < 4.78 is 5.54. The molecule has 0 heterocycles. The largest absolute Gasteiger partial charge is 0.492 e. The number of benzene rings is 1. The number of halogens is 1. The third-order valence-electron chi connectivity index (χ3n) is 1.96. The number of aliphatic hydroxyl groups excluding tert-OH is 1. The second-order valence-electron chi connectivity index (χ2n) is 3.23. The number of aliphatic hydroxyl groups is 1. The highest BCUT2D eigenvalue weighted by molar-refractivity contribution is 6.30. The van der Waals surface area contributed by atoms with Gasteiger partial charge in [-0.15, -0.1) is 0 Å². The molecule has 0 aliphatic carbocycles. The van der Waals surface area contributed by atoms with E-state index in [0.29, 0.717) is 13.2 Å². The monoisotopic (exact) mass is 229 g/mol. The van der Waals surface area contributed by atoms with Crippen molar-refractivity contribution in [2.24, 2.45) is 0 Å². The zero-order valence-corrected chi connectivity index (χ0v) is 9.55. The maximum absolute atomic E-state index is 8.54. The first kappa shape index (κ1) is 12.3. The molecule has 3 nitrogen and oxygen atoms in total. The van der Waals surface area contributed by atoms with Crippen molar-refractivity contribution in [3.8, 4) is 5.75 Å². The zero-order valence-electron chi connectivity index (χ0n) is 8.79. The Kier molecular flexibility index (Phi) is 5.47. The minimum Gasteiger partial charge on any atom is -0.492 e. The Labute approximate surface area is 95.0 Å². The second-order valence-corrected chi connectivity index (χ2v) is 3.67. The predicted octanol–water partition coefficient (Wildman–Crippen LogP) is 1.61. The van der Waals surface area contributed by atoms with Gasteiger partial charge in [0.05, 0.1) is 6.61 Å². The quantitative estimate of drug-likeness (QED) is 0.729. The standard InChI is InChI=1S/C11H16ClNO2/c1-9-8-10(12)2-3-11(9)15-7-5-13-4-6-14/h2-3,8,13-14H,4-7H2,1H3. The fourth-order valence-corrected chi connectivity index (χ4v) is 1.44. The minimum atomic E-state index is 0.153. The third kappa shape index (κ3) is 4.51. The SMILES string of the molecule is Cc1cc(Cl)ccc1OCCNCCO. The van der Waals surface area contributed by atoms with Gasteiger partial charge in [-0.1, -0.05) is 11.6 Å². The molecule has 0 amide bonds. The molecule has 0 spiro atoms. The molecule has 84 valence electrons. The highest BCUT2D eigenvalue weighted by Gasteiger charge is 1.99. The van der Waals surface area contributed by atoms with E-state index in [0.717, 1.165) is 22.9 Å². The van der Waals surface area contributed by atoms with Gasteiger partial charge in [0.15, 0.2) is 0 Å². The van der Waals surface area contributed by atoms with Gasteiger partial charge in [0.25, 0.3) is 0 Å². The van der Waals surface area contributed by atoms with Gasteiger partial charge in [0.2, 0.25) is 0 Å². The van der Waals surface area contributed by atoms with Gasteiger partial charge in [0, 0.05) is 18.1 Å². The summed E-state index contributed by atoms with van der Waals surface area (Å²) in [5.41, 5.74) is 1.03. The van der Waals surface area contributed by atoms with Gasteiger partial charge < -0.3 is 15.2 Å². The van der Waals surface area contributed by atoms with Gasteiger partial charge in [-0.3, -0.25) is 0 Å². The lowest BCUT2D eigenvalue weighted by molar-refractivity contribution is 0.275. The normalized spacial score (nSPS) is 10.3. The number of rotatable bonds is 6. The first-order valence-electron chi connectivity index (χ1n) is 4.94. The summed E-state index contributed by atoms with van der Waals surface area (Å²) in [5, 5.41) is 12.3. The van der Waals surface area contributed by atoms with Crippen LogP contribution in [-0.4, -0.2) is 31.4 Å². The molecule has 0 saturated heterocycles. The van der Waals surface area contributed by atoms with Crippen molar-refractivity contribution < 1.29 is 9.84 Å². The van der Waals surface area contributed by atoms with Crippen molar-refractivity contribution in [1.82, 2.24) is 5.32 Å². The molecule has 0 radical (unpaired) electrons. The fourth-order valence-electron chi connectivity index (χ4n) is 1.21. The zero-order chi connectivity index (χ0) is 11.1. The van der Waals surface area contributed by atoms with Crippen LogP contribution in [-0.2, 0) is 0 Å². The number of nitrogens with one attached hydrogen (secondary N) is 1. The van der Waals surface area contributed by atoms with Crippen LogP contribution in [0.25, 0.3) is 0 Å². The molecule has 4 heteroatoms. The Morgan fingerprint density at radius 3 is 2.87 bits per heavy atom. The van der Waals surface area contributed by atoms with E-state index in [4.69, 9.17) is 21.4 Å². The van der Waals surface area contributed by atoms with Crippen molar-refractivity contribution in [2.75, 3.05) is 26.3 Å². The van der Waals surface area contributed by atoms with Gasteiger partial charge in [-0.2, -0.15) is 0 Å². The Balaban J connectivity index is 2.31. The van der Waals surface area contributed by atoms with E-state index in [9.17, 15) is 0 Å². The van der Waals surface area contributed by atoms with E-state index in [-0.39, 0.29) is 6.61 Å². The van der Waals surface area contributed by atoms with E-state index in [1.54, 1.807) is 0 Å². The minimum absolute atomic E-state index is 0.153. The average molecular weight is 230 g/mol.